The van der Waals surface area contributed by atoms with E-state index in [-0.39, 0.29) is 6.10 Å². The van der Waals surface area contributed by atoms with Crippen LogP contribution in [-0.2, 0) is 13.5 Å². The lowest BCUT2D eigenvalue weighted by Gasteiger charge is -2.15. The third-order valence-corrected chi connectivity index (χ3v) is 5.05. The van der Waals surface area contributed by atoms with Crippen LogP contribution < -0.4 is 4.74 Å². The molecule has 0 aliphatic heterocycles. The zero-order chi connectivity index (χ0) is 18.4. The minimum absolute atomic E-state index is 0.0138. The van der Waals surface area contributed by atoms with Gasteiger partial charge in [-0.3, -0.25) is 4.68 Å². The van der Waals surface area contributed by atoms with Crippen LogP contribution in [0.25, 0.3) is 16.6 Å². The number of aryl methyl sites for hydroxylation is 2. The normalized spacial score (nSPS) is 15.6. The monoisotopic (exact) mass is 355 g/mol. The summed E-state index contributed by atoms with van der Waals surface area (Å²) in [4.78, 5) is 0. The maximum Gasteiger partial charge on any atom is 0.124 e. The van der Waals surface area contributed by atoms with Gasteiger partial charge in [-0.1, -0.05) is 6.07 Å². The van der Waals surface area contributed by atoms with Crippen LogP contribution >= 0.6 is 0 Å². The van der Waals surface area contributed by atoms with Crippen LogP contribution in [-0.4, -0.2) is 19.6 Å². The first-order valence-electron chi connectivity index (χ1n) is 8.88. The number of ether oxygens (including phenoxy) is 1. The molecule has 0 unspecified atom stereocenters. The van der Waals surface area contributed by atoms with Crippen molar-refractivity contribution in [1.29, 1.82) is 5.26 Å². The molecule has 132 valence electrons. The SMILES string of the molecule is Cn1cc(-n2ncc3ccc(O[C@@H]4CCc5cc(C#N)ccc54)cc32)cn1. The summed E-state index contributed by atoms with van der Waals surface area (Å²) in [5, 5.41) is 18.8. The number of nitrogens with zero attached hydrogens (tertiary/aromatic N) is 5. The Morgan fingerprint density at radius 2 is 2.07 bits per heavy atom. The second-order valence-electron chi connectivity index (χ2n) is 6.82. The predicted molar refractivity (Wildman–Crippen MR) is 101 cm³/mol. The molecular weight excluding hydrogens is 338 g/mol. The Hall–Kier alpha value is -3.59. The van der Waals surface area contributed by atoms with E-state index in [2.05, 4.69) is 16.3 Å². The topological polar surface area (TPSA) is 68.7 Å². The highest BCUT2D eigenvalue weighted by atomic mass is 16.5. The van der Waals surface area contributed by atoms with E-state index in [1.807, 2.05) is 60.5 Å². The second kappa shape index (κ2) is 5.99. The highest BCUT2D eigenvalue weighted by molar-refractivity contribution is 5.81. The van der Waals surface area contributed by atoms with Gasteiger partial charge >= 0.3 is 0 Å². The molecule has 2 heterocycles. The van der Waals surface area contributed by atoms with E-state index in [1.54, 1.807) is 10.9 Å². The molecule has 6 heteroatoms. The second-order valence-corrected chi connectivity index (χ2v) is 6.82. The van der Waals surface area contributed by atoms with Crippen LogP contribution in [0.2, 0.25) is 0 Å². The first kappa shape index (κ1) is 15.6. The summed E-state index contributed by atoms with van der Waals surface area (Å²) in [5.74, 6) is 0.815. The first-order chi connectivity index (χ1) is 13.2. The first-order valence-corrected chi connectivity index (χ1v) is 8.88. The molecule has 0 saturated heterocycles. The molecule has 0 bridgehead atoms. The van der Waals surface area contributed by atoms with E-state index in [0.717, 1.165) is 35.2 Å². The van der Waals surface area contributed by atoms with Gasteiger partial charge in [-0.05, 0) is 48.2 Å². The molecule has 0 fully saturated rings. The van der Waals surface area contributed by atoms with Crippen LogP contribution in [0.15, 0.2) is 55.0 Å². The molecule has 27 heavy (non-hydrogen) atoms. The average Bonchev–Trinajstić information content (AvgIpc) is 3.39. The maximum absolute atomic E-state index is 9.08. The lowest BCUT2D eigenvalue weighted by molar-refractivity contribution is 0.208. The van der Waals surface area contributed by atoms with E-state index in [0.29, 0.717) is 5.56 Å². The van der Waals surface area contributed by atoms with Crippen molar-refractivity contribution in [1.82, 2.24) is 19.6 Å². The van der Waals surface area contributed by atoms with Crippen LogP contribution in [0.5, 0.6) is 5.75 Å². The lowest BCUT2D eigenvalue weighted by atomic mass is 10.1. The van der Waals surface area contributed by atoms with Gasteiger partial charge in [-0.15, -0.1) is 0 Å². The summed E-state index contributed by atoms with van der Waals surface area (Å²) in [6, 6.07) is 14.1. The Morgan fingerprint density at radius 1 is 1.15 bits per heavy atom. The quantitative estimate of drug-likeness (QED) is 0.562. The fourth-order valence-electron chi connectivity index (χ4n) is 3.73. The molecular formula is C21H17N5O. The van der Waals surface area contributed by atoms with Crippen molar-refractivity contribution in [3.8, 4) is 17.5 Å². The number of aromatic nitrogens is 4. The average molecular weight is 355 g/mol. The van der Waals surface area contributed by atoms with Crippen LogP contribution in [0.3, 0.4) is 0 Å². The summed E-state index contributed by atoms with van der Waals surface area (Å²) >= 11 is 0. The van der Waals surface area contributed by atoms with Crippen molar-refractivity contribution < 1.29 is 4.74 Å². The third-order valence-electron chi connectivity index (χ3n) is 5.05. The standard InChI is InChI=1S/C21H17N5O/c1-25-13-17(12-23-25)26-20-9-18(5-3-16(20)11-24-26)27-21-7-4-15-8-14(10-22)2-6-19(15)21/h2-3,5-6,8-9,11-13,21H,4,7H2,1H3/t21-/m1/s1. The summed E-state index contributed by atoms with van der Waals surface area (Å²) in [7, 11) is 1.89. The zero-order valence-corrected chi connectivity index (χ0v) is 14.8. The zero-order valence-electron chi connectivity index (χ0n) is 14.8. The number of fused-ring (bicyclic) bond motifs is 2. The van der Waals surface area contributed by atoms with Gasteiger partial charge in [0.25, 0.3) is 0 Å². The number of hydrogen-bond acceptors (Lipinski definition) is 4. The van der Waals surface area contributed by atoms with E-state index in [4.69, 9.17) is 10.00 Å². The highest BCUT2D eigenvalue weighted by Gasteiger charge is 2.24. The van der Waals surface area contributed by atoms with Gasteiger partial charge in [0.1, 0.15) is 17.5 Å². The molecule has 0 amide bonds. The van der Waals surface area contributed by atoms with Gasteiger partial charge < -0.3 is 4.74 Å². The minimum atomic E-state index is 0.0138. The van der Waals surface area contributed by atoms with E-state index in [1.165, 1.54) is 11.1 Å². The molecule has 1 aliphatic carbocycles. The Kier molecular flexibility index (Phi) is 3.47. The van der Waals surface area contributed by atoms with Crippen molar-refractivity contribution in [2.24, 2.45) is 7.05 Å². The fourth-order valence-corrected chi connectivity index (χ4v) is 3.73. The lowest BCUT2D eigenvalue weighted by Crippen LogP contribution is -2.03. The summed E-state index contributed by atoms with van der Waals surface area (Å²) in [6.45, 7) is 0. The van der Waals surface area contributed by atoms with Gasteiger partial charge in [-0.2, -0.15) is 15.5 Å². The molecule has 2 aromatic heterocycles. The van der Waals surface area contributed by atoms with Gasteiger partial charge in [0.15, 0.2) is 0 Å². The number of nitriles is 1. The van der Waals surface area contributed by atoms with Crippen molar-refractivity contribution in [3.63, 3.8) is 0 Å². The van der Waals surface area contributed by atoms with Gasteiger partial charge in [0.2, 0.25) is 0 Å². The Balaban J connectivity index is 1.48. The van der Waals surface area contributed by atoms with Gasteiger partial charge in [0, 0.05) is 18.5 Å². The summed E-state index contributed by atoms with van der Waals surface area (Å²) in [5.41, 5.74) is 4.99. The summed E-state index contributed by atoms with van der Waals surface area (Å²) < 4.78 is 9.93. The molecule has 0 radical (unpaired) electrons. The predicted octanol–water partition coefficient (Wildman–Crippen LogP) is 3.70. The van der Waals surface area contributed by atoms with E-state index < -0.39 is 0 Å². The number of hydrogen-bond donors (Lipinski definition) is 0. The van der Waals surface area contributed by atoms with Gasteiger partial charge in [0.05, 0.1) is 35.7 Å². The molecule has 5 rings (SSSR count). The molecule has 0 spiro atoms. The fraction of sp³-hybridized carbons (Fsp3) is 0.190. The Labute approximate surface area is 156 Å². The largest absolute Gasteiger partial charge is 0.486 e. The Morgan fingerprint density at radius 3 is 2.89 bits per heavy atom. The van der Waals surface area contributed by atoms with Gasteiger partial charge in [-0.25, -0.2) is 4.68 Å². The maximum atomic E-state index is 9.08. The van der Waals surface area contributed by atoms with Crippen molar-refractivity contribution in [2.75, 3.05) is 0 Å². The van der Waals surface area contributed by atoms with E-state index >= 15 is 0 Å². The Bertz CT molecular complexity index is 1200. The molecule has 6 nitrogen and oxygen atoms in total. The van der Waals surface area contributed by atoms with Crippen LogP contribution in [0.1, 0.15) is 29.2 Å². The van der Waals surface area contributed by atoms with Crippen LogP contribution in [0, 0.1) is 11.3 Å². The number of benzene rings is 2. The minimum Gasteiger partial charge on any atom is -0.486 e. The van der Waals surface area contributed by atoms with Crippen molar-refractivity contribution >= 4 is 10.9 Å². The van der Waals surface area contributed by atoms with E-state index in [9.17, 15) is 0 Å². The molecule has 2 aromatic carbocycles. The summed E-state index contributed by atoms with van der Waals surface area (Å²) in [6.07, 6.45) is 7.44. The number of rotatable bonds is 3. The van der Waals surface area contributed by atoms with Crippen LogP contribution in [0.4, 0.5) is 0 Å². The third kappa shape index (κ3) is 2.64. The highest BCUT2D eigenvalue weighted by Crippen LogP contribution is 2.36. The molecule has 0 N–H and O–H groups in total. The van der Waals surface area contributed by atoms with Crippen molar-refractivity contribution in [3.05, 3.63) is 71.7 Å². The smallest absolute Gasteiger partial charge is 0.124 e. The molecule has 4 aromatic rings. The molecule has 1 aliphatic rings. The van der Waals surface area contributed by atoms with Crippen molar-refractivity contribution in [2.45, 2.75) is 18.9 Å². The molecule has 0 saturated carbocycles. The molecule has 1 atom stereocenters.